The average molecular weight is 827 g/mol. The van der Waals surface area contributed by atoms with E-state index < -0.39 is 110 Å². The van der Waals surface area contributed by atoms with Crippen molar-refractivity contribution < 1.29 is 71.5 Å². The summed E-state index contributed by atoms with van der Waals surface area (Å²) in [6.45, 7) is 4.79. The van der Waals surface area contributed by atoms with E-state index in [4.69, 9.17) is 33.2 Å². The minimum absolute atomic E-state index is 0.0389. The standard InChI is InChI=1S/C40H50N4O15/c1-23(56-39-34(42-24(2)45)36(58-27(5)48)35(57-26(4)47)31(59-39)22-53-25(3)46)33(38(51)41-19-32(49)54-20-28-13-8-6-9-14-28)43-37(50)30-17-12-18-44(30)40(52)55-21-29-15-10-7-11-16-29/h6-11,13-16,23,30-31,33-36,39H,12,17-22H2,1-5H3,(H,41,51)(H,42,45)(H,43,50)/t23-,30+,31-,33+,34-,35+,36-,39+/m1/s1. The van der Waals surface area contributed by atoms with Crippen LogP contribution < -0.4 is 16.0 Å². The fourth-order valence-corrected chi connectivity index (χ4v) is 6.46. The van der Waals surface area contributed by atoms with Crippen LogP contribution >= 0.6 is 0 Å². The van der Waals surface area contributed by atoms with Crippen LogP contribution in [0.4, 0.5) is 4.79 Å². The highest BCUT2D eigenvalue weighted by Crippen LogP contribution is 2.29. The van der Waals surface area contributed by atoms with Crippen LogP contribution in [0.15, 0.2) is 60.7 Å². The van der Waals surface area contributed by atoms with Crippen LogP contribution in [-0.4, -0.2) is 121 Å². The highest BCUT2D eigenvalue weighted by atomic mass is 16.7. The molecule has 0 saturated carbocycles. The predicted molar refractivity (Wildman–Crippen MR) is 202 cm³/mol. The Morgan fingerprint density at radius 3 is 1.95 bits per heavy atom. The fourth-order valence-electron chi connectivity index (χ4n) is 6.46. The molecule has 0 aromatic heterocycles. The maximum absolute atomic E-state index is 13.9. The van der Waals surface area contributed by atoms with E-state index in [9.17, 15) is 38.4 Å². The lowest BCUT2D eigenvalue weighted by atomic mass is 9.95. The lowest BCUT2D eigenvalue weighted by Gasteiger charge is -2.45. The molecule has 0 spiro atoms. The third-order valence-electron chi connectivity index (χ3n) is 9.11. The Morgan fingerprint density at radius 2 is 1.37 bits per heavy atom. The molecule has 2 aliphatic rings. The monoisotopic (exact) mass is 826 g/mol. The molecule has 59 heavy (non-hydrogen) atoms. The average Bonchev–Trinajstić information content (AvgIpc) is 3.69. The maximum atomic E-state index is 13.9. The van der Waals surface area contributed by atoms with Crippen LogP contribution in [0.3, 0.4) is 0 Å². The van der Waals surface area contributed by atoms with Crippen LogP contribution in [0.5, 0.6) is 0 Å². The Bertz CT molecular complexity index is 1800. The van der Waals surface area contributed by atoms with Crippen molar-refractivity contribution in [3.8, 4) is 0 Å². The first-order valence-corrected chi connectivity index (χ1v) is 18.9. The van der Waals surface area contributed by atoms with E-state index >= 15 is 0 Å². The molecule has 19 heteroatoms. The summed E-state index contributed by atoms with van der Waals surface area (Å²) in [5.41, 5.74) is 1.44. The number of carbonyl (C=O) groups is 8. The van der Waals surface area contributed by atoms with Gasteiger partial charge < -0.3 is 49.1 Å². The highest BCUT2D eigenvalue weighted by molar-refractivity contribution is 5.93. The molecule has 2 heterocycles. The summed E-state index contributed by atoms with van der Waals surface area (Å²) in [5, 5.41) is 7.65. The van der Waals surface area contributed by atoms with Gasteiger partial charge in [0.05, 0.1) is 6.10 Å². The summed E-state index contributed by atoms with van der Waals surface area (Å²) in [5.74, 6) is -5.46. The van der Waals surface area contributed by atoms with Gasteiger partial charge in [-0.3, -0.25) is 38.5 Å². The van der Waals surface area contributed by atoms with Crippen LogP contribution in [0.2, 0.25) is 0 Å². The first-order valence-electron chi connectivity index (χ1n) is 18.9. The fraction of sp³-hybridized carbons (Fsp3) is 0.500. The summed E-state index contributed by atoms with van der Waals surface area (Å²) >= 11 is 0. The molecule has 0 aliphatic carbocycles. The van der Waals surface area contributed by atoms with Crippen molar-refractivity contribution in [2.45, 2.75) is 110 Å². The van der Waals surface area contributed by atoms with E-state index in [1.165, 1.54) is 11.8 Å². The number of nitrogens with zero attached hydrogens (tertiary/aromatic N) is 1. The van der Waals surface area contributed by atoms with Gasteiger partial charge in [-0.15, -0.1) is 0 Å². The number of likely N-dealkylation sites (tertiary alicyclic amines) is 1. The molecular weight excluding hydrogens is 776 g/mol. The zero-order valence-corrected chi connectivity index (χ0v) is 33.4. The Kier molecular flexibility index (Phi) is 17.1. The van der Waals surface area contributed by atoms with Gasteiger partial charge in [0, 0.05) is 34.2 Å². The lowest BCUT2D eigenvalue weighted by molar-refractivity contribution is -0.287. The number of hydrogen-bond donors (Lipinski definition) is 3. The molecule has 2 aromatic carbocycles. The number of nitrogens with one attached hydrogen (secondary N) is 3. The smallest absolute Gasteiger partial charge is 0.410 e. The Labute approximate surface area is 340 Å². The largest absolute Gasteiger partial charge is 0.463 e. The number of amides is 4. The summed E-state index contributed by atoms with van der Waals surface area (Å²) < 4.78 is 39.2. The van der Waals surface area contributed by atoms with Crippen molar-refractivity contribution in [2.24, 2.45) is 0 Å². The van der Waals surface area contributed by atoms with Crippen molar-refractivity contribution in [3.63, 3.8) is 0 Å². The van der Waals surface area contributed by atoms with Gasteiger partial charge in [0.15, 0.2) is 18.5 Å². The first kappa shape index (κ1) is 45.6. The normalized spacial score (nSPS) is 22.1. The van der Waals surface area contributed by atoms with Gasteiger partial charge in [0.1, 0.15) is 50.6 Å². The third kappa shape index (κ3) is 14.1. The number of carbonyl (C=O) groups excluding carboxylic acids is 8. The zero-order valence-electron chi connectivity index (χ0n) is 33.4. The molecule has 0 radical (unpaired) electrons. The van der Waals surface area contributed by atoms with Crippen LogP contribution in [0.1, 0.15) is 58.6 Å². The quantitative estimate of drug-likeness (QED) is 0.150. The second-order valence-corrected chi connectivity index (χ2v) is 13.8. The molecule has 4 amide bonds. The van der Waals surface area contributed by atoms with Crippen molar-refractivity contribution in [3.05, 3.63) is 71.8 Å². The van der Waals surface area contributed by atoms with E-state index in [0.29, 0.717) is 12.0 Å². The maximum Gasteiger partial charge on any atom is 0.410 e. The van der Waals surface area contributed by atoms with E-state index in [1.54, 1.807) is 54.6 Å². The van der Waals surface area contributed by atoms with E-state index in [1.807, 2.05) is 6.07 Å². The minimum Gasteiger partial charge on any atom is -0.463 e. The van der Waals surface area contributed by atoms with Gasteiger partial charge in [-0.2, -0.15) is 0 Å². The van der Waals surface area contributed by atoms with Crippen LogP contribution in [0.25, 0.3) is 0 Å². The molecule has 0 bridgehead atoms. The molecule has 8 atom stereocenters. The molecule has 0 unspecified atom stereocenters. The van der Waals surface area contributed by atoms with E-state index in [2.05, 4.69) is 16.0 Å². The second kappa shape index (κ2) is 22.2. The second-order valence-electron chi connectivity index (χ2n) is 13.8. The molecule has 320 valence electrons. The van der Waals surface area contributed by atoms with Crippen LogP contribution in [0, 0.1) is 0 Å². The van der Waals surface area contributed by atoms with E-state index in [-0.39, 0.29) is 26.2 Å². The van der Waals surface area contributed by atoms with Crippen molar-refractivity contribution in [1.29, 1.82) is 0 Å². The lowest BCUT2D eigenvalue weighted by Crippen LogP contribution is -2.67. The highest BCUT2D eigenvalue weighted by Gasteiger charge is 2.52. The Balaban J connectivity index is 1.59. The topological polar surface area (TPSA) is 240 Å². The summed E-state index contributed by atoms with van der Waals surface area (Å²) in [7, 11) is 0. The molecule has 3 N–H and O–H groups in total. The number of esters is 4. The van der Waals surface area contributed by atoms with Gasteiger partial charge in [-0.1, -0.05) is 60.7 Å². The van der Waals surface area contributed by atoms with Gasteiger partial charge in [0.2, 0.25) is 17.7 Å². The zero-order chi connectivity index (χ0) is 43.1. The number of benzene rings is 2. The van der Waals surface area contributed by atoms with Gasteiger partial charge in [-0.25, -0.2) is 4.79 Å². The van der Waals surface area contributed by atoms with Crippen molar-refractivity contribution in [2.75, 3.05) is 19.7 Å². The Morgan fingerprint density at radius 1 is 0.780 bits per heavy atom. The minimum atomic E-state index is -1.61. The summed E-state index contributed by atoms with van der Waals surface area (Å²) in [4.78, 5) is 104. The predicted octanol–water partition coefficient (Wildman–Crippen LogP) is 1.19. The molecule has 19 nitrogen and oxygen atoms in total. The Hall–Kier alpha value is -6.08. The van der Waals surface area contributed by atoms with Gasteiger partial charge in [-0.05, 0) is 30.9 Å². The third-order valence-corrected chi connectivity index (χ3v) is 9.11. The molecule has 2 saturated heterocycles. The van der Waals surface area contributed by atoms with Gasteiger partial charge in [0.25, 0.3) is 0 Å². The van der Waals surface area contributed by atoms with Gasteiger partial charge >= 0.3 is 30.0 Å². The summed E-state index contributed by atoms with van der Waals surface area (Å²) in [6.07, 6.45) is -7.25. The number of ether oxygens (including phenoxy) is 7. The van der Waals surface area contributed by atoms with Crippen LogP contribution in [-0.2, 0) is 79.9 Å². The number of hydrogen-bond acceptors (Lipinski definition) is 15. The SMILES string of the molecule is CC(=O)N[C@H]1[C@@H](O[C@H](C)[C@H](NC(=O)[C@@H]2CCCN2C(=O)OCc2ccccc2)C(=O)NCC(=O)OCc2ccccc2)O[C@H](COC(C)=O)[C@H](OC(C)=O)[C@@H]1OC(C)=O. The first-order chi connectivity index (χ1) is 28.1. The molecule has 2 fully saturated rings. The molecule has 2 aliphatic heterocycles. The number of rotatable bonds is 17. The molecular formula is C40H50N4O15. The van der Waals surface area contributed by atoms with Crippen molar-refractivity contribution >= 4 is 47.7 Å². The molecule has 4 rings (SSSR count). The molecule has 2 aromatic rings. The summed E-state index contributed by atoms with van der Waals surface area (Å²) in [6, 6.07) is 13.7. The van der Waals surface area contributed by atoms with E-state index in [0.717, 1.165) is 33.3 Å². The van der Waals surface area contributed by atoms with Crippen molar-refractivity contribution in [1.82, 2.24) is 20.9 Å².